The van der Waals surface area contributed by atoms with E-state index in [1.807, 2.05) is 24.3 Å². The number of amides is 2. The molecule has 0 aromatic heterocycles. The van der Waals surface area contributed by atoms with Crippen molar-refractivity contribution in [2.75, 3.05) is 0 Å². The Bertz CT molecular complexity index is 974. The fraction of sp³-hybridized carbons (Fsp3) is 0.348. The molecule has 0 bridgehead atoms. The monoisotopic (exact) mass is 411 g/mol. The number of halogens is 1. The van der Waals surface area contributed by atoms with E-state index in [9.17, 15) is 18.8 Å². The first kappa shape index (κ1) is 20.1. The third-order valence-electron chi connectivity index (χ3n) is 5.55. The summed E-state index contributed by atoms with van der Waals surface area (Å²) in [5.74, 6) is -1.15. The minimum Gasteiger partial charge on any atom is -0.458 e. The Morgan fingerprint density at radius 2 is 1.93 bits per heavy atom. The van der Waals surface area contributed by atoms with Gasteiger partial charge in [-0.15, -0.1) is 0 Å². The van der Waals surface area contributed by atoms with Gasteiger partial charge in [0.25, 0.3) is 0 Å². The first-order valence-electron chi connectivity index (χ1n) is 9.97. The number of nitrogens with zero attached hydrogens (tertiary/aromatic N) is 1. The average Bonchev–Trinajstić information content (AvgIpc) is 3.21. The lowest BCUT2D eigenvalue weighted by Crippen LogP contribution is -2.34. The fourth-order valence-corrected chi connectivity index (χ4v) is 4.24. The van der Waals surface area contributed by atoms with Crippen molar-refractivity contribution in [3.63, 3.8) is 0 Å². The zero-order chi connectivity index (χ0) is 21.3. The van der Waals surface area contributed by atoms with Crippen molar-refractivity contribution in [3.8, 4) is 0 Å². The van der Waals surface area contributed by atoms with Gasteiger partial charge in [-0.25, -0.2) is 14.1 Å². The normalized spacial score (nSPS) is 20.3. The number of carbonyl (C=O) groups is 3. The maximum Gasteiger partial charge on any atom is 0.417 e. The number of carbonyl (C=O) groups excluding carboxylic acids is 3. The van der Waals surface area contributed by atoms with Crippen LogP contribution in [0.15, 0.2) is 48.5 Å². The highest BCUT2D eigenvalue weighted by Gasteiger charge is 2.49. The molecule has 1 aliphatic heterocycles. The summed E-state index contributed by atoms with van der Waals surface area (Å²) in [5, 5.41) is 0. The van der Waals surface area contributed by atoms with Gasteiger partial charge in [0.05, 0.1) is 0 Å². The lowest BCUT2D eigenvalue weighted by molar-refractivity contribution is -0.147. The van der Waals surface area contributed by atoms with Gasteiger partial charge in [0, 0.05) is 19.8 Å². The van der Waals surface area contributed by atoms with Crippen LogP contribution in [-0.2, 0) is 25.5 Å². The fourth-order valence-electron chi connectivity index (χ4n) is 4.24. The van der Waals surface area contributed by atoms with E-state index in [1.54, 1.807) is 12.1 Å². The standard InChI is InChI=1S/C23H22FNO5/c1-14(26)29-19(15-9-11-17(24)12-10-15)7-4-8-21(27)25-22-18-6-3-2-5-16(18)13-20(22)30-23(25)28/h2-3,5-6,9-12,19-20,22H,4,7-8,13H2,1H3/t19-,20+,22+/m0/s1. The Morgan fingerprint density at radius 1 is 1.20 bits per heavy atom. The van der Waals surface area contributed by atoms with Gasteiger partial charge >= 0.3 is 12.1 Å². The van der Waals surface area contributed by atoms with Gasteiger partial charge in [0.15, 0.2) is 0 Å². The van der Waals surface area contributed by atoms with E-state index >= 15 is 0 Å². The quantitative estimate of drug-likeness (QED) is 0.665. The second-order valence-corrected chi connectivity index (χ2v) is 7.58. The van der Waals surface area contributed by atoms with Crippen LogP contribution in [0.2, 0.25) is 0 Å². The number of benzene rings is 2. The largest absolute Gasteiger partial charge is 0.458 e. The highest BCUT2D eigenvalue weighted by Crippen LogP contribution is 2.43. The topological polar surface area (TPSA) is 72.9 Å². The summed E-state index contributed by atoms with van der Waals surface area (Å²) < 4.78 is 24.0. The van der Waals surface area contributed by atoms with Crippen LogP contribution in [0.3, 0.4) is 0 Å². The molecule has 6 nitrogen and oxygen atoms in total. The Hall–Kier alpha value is -3.22. The van der Waals surface area contributed by atoms with Gasteiger partial charge < -0.3 is 9.47 Å². The Balaban J connectivity index is 1.41. The number of fused-ring (bicyclic) bond motifs is 3. The Kier molecular flexibility index (Phi) is 5.53. The lowest BCUT2D eigenvalue weighted by Gasteiger charge is -2.21. The Morgan fingerprint density at radius 3 is 2.67 bits per heavy atom. The number of hydrogen-bond acceptors (Lipinski definition) is 5. The molecule has 2 aliphatic rings. The van der Waals surface area contributed by atoms with Crippen molar-refractivity contribution < 1.29 is 28.2 Å². The molecular formula is C23H22FNO5. The second-order valence-electron chi connectivity index (χ2n) is 7.58. The number of rotatable bonds is 6. The van der Waals surface area contributed by atoms with Crippen molar-refractivity contribution >= 4 is 18.0 Å². The van der Waals surface area contributed by atoms with Crippen LogP contribution in [-0.4, -0.2) is 29.0 Å². The van der Waals surface area contributed by atoms with E-state index in [1.165, 1.54) is 24.0 Å². The minimum atomic E-state index is -0.612. The molecular weight excluding hydrogens is 389 g/mol. The molecule has 2 aromatic carbocycles. The smallest absolute Gasteiger partial charge is 0.417 e. The van der Waals surface area contributed by atoms with Crippen LogP contribution < -0.4 is 0 Å². The van der Waals surface area contributed by atoms with E-state index in [-0.39, 0.29) is 30.3 Å². The number of ether oxygens (including phenoxy) is 2. The maximum atomic E-state index is 13.2. The van der Waals surface area contributed by atoms with E-state index in [4.69, 9.17) is 9.47 Å². The summed E-state index contributed by atoms with van der Waals surface area (Å²) in [6, 6.07) is 13.1. The molecule has 156 valence electrons. The summed E-state index contributed by atoms with van der Waals surface area (Å²) in [5.41, 5.74) is 2.69. The van der Waals surface area contributed by atoms with Crippen LogP contribution in [0.4, 0.5) is 9.18 Å². The molecule has 2 amide bonds. The molecule has 0 spiro atoms. The summed E-state index contributed by atoms with van der Waals surface area (Å²) in [7, 11) is 0. The van der Waals surface area contributed by atoms with Crippen molar-refractivity contribution in [3.05, 3.63) is 71.0 Å². The van der Waals surface area contributed by atoms with Crippen LogP contribution in [0.25, 0.3) is 0 Å². The van der Waals surface area contributed by atoms with Gasteiger partial charge in [-0.05, 0) is 41.7 Å². The van der Waals surface area contributed by atoms with Crippen LogP contribution >= 0.6 is 0 Å². The van der Waals surface area contributed by atoms with Crippen LogP contribution in [0.5, 0.6) is 0 Å². The molecule has 1 saturated heterocycles. The first-order valence-corrected chi connectivity index (χ1v) is 9.97. The predicted molar refractivity (Wildman–Crippen MR) is 105 cm³/mol. The molecule has 0 saturated carbocycles. The summed E-state index contributed by atoms with van der Waals surface area (Å²) >= 11 is 0. The van der Waals surface area contributed by atoms with Gasteiger partial charge in [-0.3, -0.25) is 9.59 Å². The molecule has 30 heavy (non-hydrogen) atoms. The molecule has 1 fully saturated rings. The summed E-state index contributed by atoms with van der Waals surface area (Å²) in [6.45, 7) is 1.31. The zero-order valence-corrected chi connectivity index (χ0v) is 16.5. The van der Waals surface area contributed by atoms with Gasteiger partial charge in [-0.2, -0.15) is 0 Å². The minimum absolute atomic E-state index is 0.111. The predicted octanol–water partition coefficient (Wildman–Crippen LogP) is 4.25. The van der Waals surface area contributed by atoms with Gasteiger partial charge in [0.2, 0.25) is 5.91 Å². The van der Waals surface area contributed by atoms with Gasteiger partial charge in [-0.1, -0.05) is 36.4 Å². The lowest BCUT2D eigenvalue weighted by atomic mass is 10.0. The summed E-state index contributed by atoms with van der Waals surface area (Å²) in [6.07, 6.45) is -0.0380. The Labute approximate surface area is 173 Å². The highest BCUT2D eigenvalue weighted by atomic mass is 19.1. The molecule has 0 radical (unpaired) electrons. The van der Waals surface area contributed by atoms with Crippen LogP contribution in [0, 0.1) is 5.82 Å². The van der Waals surface area contributed by atoms with Crippen molar-refractivity contribution in [1.82, 2.24) is 4.90 Å². The second kappa shape index (κ2) is 8.26. The maximum absolute atomic E-state index is 13.2. The SMILES string of the molecule is CC(=O)O[C@@H](CCCC(=O)N1C(=O)O[C@@H]2Cc3ccccc3[C@H]21)c1ccc(F)cc1. The third kappa shape index (κ3) is 3.92. The molecule has 0 N–H and O–H groups in total. The van der Waals surface area contributed by atoms with Crippen molar-refractivity contribution in [1.29, 1.82) is 0 Å². The highest BCUT2D eigenvalue weighted by molar-refractivity contribution is 5.94. The van der Waals surface area contributed by atoms with Gasteiger partial charge in [0.1, 0.15) is 24.1 Å². The third-order valence-corrected chi connectivity index (χ3v) is 5.55. The number of esters is 1. The average molecular weight is 411 g/mol. The van der Waals surface area contributed by atoms with E-state index in [2.05, 4.69) is 0 Å². The first-order chi connectivity index (χ1) is 14.4. The number of imide groups is 1. The zero-order valence-electron chi connectivity index (χ0n) is 16.5. The van der Waals surface area contributed by atoms with Crippen molar-refractivity contribution in [2.45, 2.75) is 50.9 Å². The molecule has 1 aliphatic carbocycles. The molecule has 0 unspecified atom stereocenters. The number of hydrogen-bond donors (Lipinski definition) is 0. The van der Waals surface area contributed by atoms with E-state index in [0.717, 1.165) is 11.1 Å². The van der Waals surface area contributed by atoms with E-state index in [0.29, 0.717) is 24.8 Å². The molecule has 7 heteroatoms. The molecule has 3 atom stereocenters. The molecule has 2 aromatic rings. The van der Waals surface area contributed by atoms with Crippen LogP contribution in [0.1, 0.15) is 55.0 Å². The summed E-state index contributed by atoms with van der Waals surface area (Å²) in [4.78, 5) is 37.8. The van der Waals surface area contributed by atoms with E-state index < -0.39 is 18.2 Å². The molecule has 4 rings (SSSR count). The van der Waals surface area contributed by atoms with Crippen molar-refractivity contribution in [2.24, 2.45) is 0 Å². The molecule has 1 heterocycles.